The van der Waals surface area contributed by atoms with Crippen LogP contribution < -0.4 is 19.7 Å². The Morgan fingerprint density at radius 1 is 0.898 bits per heavy atom. The van der Waals surface area contributed by atoms with Crippen molar-refractivity contribution in [2.24, 2.45) is 5.92 Å². The molecule has 3 aliphatic rings. The van der Waals surface area contributed by atoms with E-state index in [1.54, 1.807) is 27.9 Å². The number of fused-ring (bicyclic) bond motifs is 3. The fraction of sp³-hybridized carbons (Fsp3) is 0.312. The highest BCUT2D eigenvalue weighted by atomic mass is 35.5. The van der Waals surface area contributed by atoms with Gasteiger partial charge in [-0.05, 0) is 77.2 Å². The third kappa shape index (κ3) is 7.37. The van der Waals surface area contributed by atoms with E-state index in [1.165, 1.54) is 0 Å². The molecule has 1 saturated heterocycles. The first-order chi connectivity index (χ1) is 28.5. The summed E-state index contributed by atoms with van der Waals surface area (Å²) in [6, 6.07) is 39.2. The second-order valence-corrected chi connectivity index (χ2v) is 21.6. The zero-order valence-electron chi connectivity index (χ0n) is 33.9. The van der Waals surface area contributed by atoms with E-state index in [-0.39, 0.29) is 55.3 Å². The normalized spacial score (nSPS) is 21.2. The van der Waals surface area contributed by atoms with Crippen LogP contribution in [0.25, 0.3) is 0 Å². The van der Waals surface area contributed by atoms with Gasteiger partial charge in [-0.25, -0.2) is 0 Å². The molecule has 9 nitrogen and oxygen atoms in total. The van der Waals surface area contributed by atoms with Gasteiger partial charge in [-0.2, -0.15) is 0 Å². The van der Waals surface area contributed by atoms with Crippen molar-refractivity contribution >= 4 is 59.6 Å². The third-order valence-corrected chi connectivity index (χ3v) is 17.3. The Morgan fingerprint density at radius 2 is 1.63 bits per heavy atom. The van der Waals surface area contributed by atoms with Gasteiger partial charge in [-0.15, -0.1) is 0 Å². The summed E-state index contributed by atoms with van der Waals surface area (Å²) >= 11 is 6.76. The minimum atomic E-state index is -2.56. The van der Waals surface area contributed by atoms with Crippen LogP contribution in [0, 0.1) is 5.92 Å². The van der Waals surface area contributed by atoms with Gasteiger partial charge in [0.15, 0.2) is 5.60 Å². The smallest absolute Gasteiger partial charge is 0.264 e. The number of ether oxygens (including phenoxy) is 2. The molecular formula is C48H50ClN3O6Si. The van der Waals surface area contributed by atoms with Crippen LogP contribution in [0.15, 0.2) is 121 Å². The minimum absolute atomic E-state index is 0.0295. The summed E-state index contributed by atoms with van der Waals surface area (Å²) < 4.78 is 12.8. The summed E-state index contributed by atoms with van der Waals surface area (Å²) in [4.78, 5) is 48.5. The molecule has 0 radical (unpaired) electrons. The van der Waals surface area contributed by atoms with Crippen LogP contribution in [0.1, 0.15) is 42.0 Å². The highest BCUT2D eigenvalue weighted by Gasteiger charge is 2.66. The lowest BCUT2D eigenvalue weighted by atomic mass is 9.82. The average molecular weight is 828 g/mol. The molecule has 0 unspecified atom stereocenters. The van der Waals surface area contributed by atoms with E-state index in [2.05, 4.69) is 38.2 Å². The molecule has 0 bridgehead atoms. The van der Waals surface area contributed by atoms with Gasteiger partial charge in [-0.3, -0.25) is 19.3 Å². The Hall–Kier alpha value is -5.26. The Morgan fingerprint density at radius 3 is 2.37 bits per heavy atom. The lowest BCUT2D eigenvalue weighted by Crippen LogP contribution is -2.52. The summed E-state index contributed by atoms with van der Waals surface area (Å²) in [6.07, 6.45) is 0.531. The zero-order chi connectivity index (χ0) is 41.5. The number of carbonyl (C=O) groups is 3. The maximum absolute atomic E-state index is 15.5. The van der Waals surface area contributed by atoms with Gasteiger partial charge in [0.25, 0.3) is 5.91 Å². The van der Waals surface area contributed by atoms with E-state index in [4.69, 9.17) is 21.1 Å². The number of methoxy groups -OCH3 is 1. The maximum atomic E-state index is 15.5. The lowest BCUT2D eigenvalue weighted by molar-refractivity contribution is -0.150. The molecule has 5 aromatic carbocycles. The minimum Gasteiger partial charge on any atom is -0.497 e. The Balaban J connectivity index is 1.17. The van der Waals surface area contributed by atoms with Gasteiger partial charge in [0, 0.05) is 41.7 Å². The standard InChI is InChI=1S/C48H50ClN3O6Si/c1-32-46(59(3,4)39-21-19-38(57-2)20-22-39)43(29-45(55)50(25-26-53)30-33-11-6-5-7-12-33)58-48(32)40-28-36(49)18-23-42(40)51(47(48)56)31-34-13-10-15-37(27-34)52-41-16-9-8-14-35(41)17-24-44(52)54/h5-16,18-23,27-28,32,43,46,53H,17,24-26,29-31H2,1-4H3/t32-,43+,46-,48+/m0/s1. The molecule has 1 N–H and O–H groups in total. The Kier molecular flexibility index (Phi) is 11.3. The number of anilines is 3. The van der Waals surface area contributed by atoms with Gasteiger partial charge >= 0.3 is 0 Å². The molecule has 8 rings (SSSR count). The largest absolute Gasteiger partial charge is 0.497 e. The first-order valence-electron chi connectivity index (χ1n) is 20.3. The van der Waals surface area contributed by atoms with Crippen molar-refractivity contribution in [3.05, 3.63) is 149 Å². The van der Waals surface area contributed by atoms with Crippen LogP contribution in [-0.2, 0) is 44.2 Å². The molecule has 3 heterocycles. The number of para-hydroxylation sites is 1. The van der Waals surface area contributed by atoms with Gasteiger partial charge < -0.3 is 24.4 Å². The Labute approximate surface area is 352 Å². The van der Waals surface area contributed by atoms with Crippen LogP contribution in [0.3, 0.4) is 0 Å². The number of hydrogen-bond donors (Lipinski definition) is 1. The molecule has 1 spiro atoms. The third-order valence-electron chi connectivity index (χ3n) is 12.7. The van der Waals surface area contributed by atoms with Crippen molar-refractivity contribution in [3.8, 4) is 5.75 Å². The van der Waals surface area contributed by atoms with E-state index in [0.29, 0.717) is 35.7 Å². The van der Waals surface area contributed by atoms with E-state index in [1.807, 2.05) is 97.1 Å². The SMILES string of the molecule is COc1ccc([Si](C)(C)[C@@H]2[C@@H](CC(=O)N(CCO)Cc3ccccc3)O[C@]3(C(=O)N(Cc4cccc(N5C(=O)CCc6ccccc65)c4)c4ccc(Cl)cc43)[C@H]2C)cc1. The van der Waals surface area contributed by atoms with E-state index >= 15 is 4.79 Å². The molecule has 304 valence electrons. The molecular weight excluding hydrogens is 778 g/mol. The highest BCUT2D eigenvalue weighted by Crippen LogP contribution is 2.60. The number of halogens is 1. The number of rotatable bonds is 12. The summed E-state index contributed by atoms with van der Waals surface area (Å²) in [5.41, 5.74) is 4.34. The van der Waals surface area contributed by atoms with Crippen LogP contribution >= 0.6 is 11.6 Å². The van der Waals surface area contributed by atoms with E-state index in [9.17, 15) is 14.7 Å². The second-order valence-electron chi connectivity index (χ2n) is 16.5. The number of benzene rings is 5. The van der Waals surface area contributed by atoms with E-state index in [0.717, 1.165) is 39.0 Å². The maximum Gasteiger partial charge on any atom is 0.264 e. The summed E-state index contributed by atoms with van der Waals surface area (Å²) in [7, 11) is -0.916. The van der Waals surface area contributed by atoms with Crippen molar-refractivity contribution in [1.29, 1.82) is 0 Å². The first kappa shape index (κ1) is 40.5. The summed E-state index contributed by atoms with van der Waals surface area (Å²) in [6.45, 7) is 7.23. The van der Waals surface area contributed by atoms with Crippen molar-refractivity contribution in [2.75, 3.05) is 30.1 Å². The van der Waals surface area contributed by atoms with Crippen molar-refractivity contribution in [2.45, 2.75) is 69.6 Å². The van der Waals surface area contributed by atoms with Gasteiger partial charge in [0.2, 0.25) is 11.8 Å². The van der Waals surface area contributed by atoms with Crippen LogP contribution in [0.2, 0.25) is 23.7 Å². The number of aliphatic hydroxyl groups is 1. The first-order valence-corrected chi connectivity index (χ1v) is 23.8. The molecule has 0 aliphatic carbocycles. The molecule has 3 amide bonds. The van der Waals surface area contributed by atoms with Crippen LogP contribution in [0.5, 0.6) is 5.75 Å². The summed E-state index contributed by atoms with van der Waals surface area (Å²) in [5.74, 6) is 0.0694. The highest BCUT2D eigenvalue weighted by molar-refractivity contribution is 6.91. The summed E-state index contributed by atoms with van der Waals surface area (Å²) in [5, 5.41) is 11.7. The van der Waals surface area contributed by atoms with Crippen LogP contribution in [0.4, 0.5) is 17.1 Å². The van der Waals surface area contributed by atoms with Gasteiger partial charge in [-0.1, -0.05) is 110 Å². The molecule has 0 saturated carbocycles. The van der Waals surface area contributed by atoms with Crippen LogP contribution in [-0.4, -0.2) is 62.2 Å². The monoisotopic (exact) mass is 827 g/mol. The number of carbonyl (C=O) groups excluding carboxylic acids is 3. The zero-order valence-corrected chi connectivity index (χ0v) is 35.7. The number of hydrogen-bond acceptors (Lipinski definition) is 6. The predicted octanol–water partition coefficient (Wildman–Crippen LogP) is 8.13. The number of nitrogens with zero attached hydrogens (tertiary/aromatic N) is 3. The van der Waals surface area contributed by atoms with Gasteiger partial charge in [0.1, 0.15) is 5.75 Å². The molecule has 1 fully saturated rings. The lowest BCUT2D eigenvalue weighted by Gasteiger charge is -2.37. The molecule has 5 aromatic rings. The van der Waals surface area contributed by atoms with Crippen molar-refractivity contribution in [3.63, 3.8) is 0 Å². The molecule has 3 aliphatic heterocycles. The predicted molar refractivity (Wildman–Crippen MR) is 234 cm³/mol. The van der Waals surface area contributed by atoms with Crippen molar-refractivity contribution in [1.82, 2.24) is 4.90 Å². The van der Waals surface area contributed by atoms with E-state index < -0.39 is 19.8 Å². The topological polar surface area (TPSA) is 99.6 Å². The number of aryl methyl sites for hydroxylation is 1. The number of amides is 3. The Bertz CT molecular complexity index is 2370. The quantitative estimate of drug-likeness (QED) is 0.128. The molecule has 0 aromatic heterocycles. The van der Waals surface area contributed by atoms with Crippen molar-refractivity contribution < 1.29 is 29.0 Å². The van der Waals surface area contributed by atoms with Gasteiger partial charge in [0.05, 0.1) is 52.2 Å². The fourth-order valence-corrected chi connectivity index (χ4v) is 14.0. The molecule has 11 heteroatoms. The second kappa shape index (κ2) is 16.4. The molecule has 59 heavy (non-hydrogen) atoms. The number of aliphatic hydroxyl groups excluding tert-OH is 1. The average Bonchev–Trinajstić information content (AvgIpc) is 3.66. The fourth-order valence-electron chi connectivity index (χ4n) is 9.85. The molecule has 4 atom stereocenters.